The monoisotopic (exact) mass is 262 g/mol. The van der Waals surface area contributed by atoms with Crippen molar-refractivity contribution < 1.29 is 0 Å². The SMILES string of the molecule is O=c1ccnc(Cc2ccc(-c3ccccc3)cc2)[nH]1. The molecule has 1 aromatic heterocycles. The molecule has 0 aliphatic rings. The Morgan fingerprint density at radius 1 is 0.850 bits per heavy atom. The summed E-state index contributed by atoms with van der Waals surface area (Å²) in [5.41, 5.74) is 3.39. The quantitative estimate of drug-likeness (QED) is 0.788. The molecule has 3 rings (SSSR count). The fourth-order valence-corrected chi connectivity index (χ4v) is 2.14. The molecule has 0 aliphatic heterocycles. The first-order chi connectivity index (χ1) is 9.81. The van der Waals surface area contributed by atoms with Crippen LogP contribution in [0.4, 0.5) is 0 Å². The lowest BCUT2D eigenvalue weighted by molar-refractivity contribution is 0.946. The van der Waals surface area contributed by atoms with Crippen LogP contribution < -0.4 is 5.56 Å². The van der Waals surface area contributed by atoms with Gasteiger partial charge in [0, 0.05) is 18.7 Å². The largest absolute Gasteiger partial charge is 0.310 e. The van der Waals surface area contributed by atoms with Gasteiger partial charge in [0.05, 0.1) is 0 Å². The summed E-state index contributed by atoms with van der Waals surface area (Å²) in [4.78, 5) is 18.1. The number of H-pyrrole nitrogens is 1. The standard InChI is InChI=1S/C17H14N2O/c20-17-10-11-18-16(19-17)12-13-6-8-15(9-7-13)14-4-2-1-3-5-14/h1-11H,12H2,(H,18,19,20). The Bertz CT molecular complexity index is 746. The summed E-state index contributed by atoms with van der Waals surface area (Å²) in [7, 11) is 0. The number of hydrogen-bond acceptors (Lipinski definition) is 2. The van der Waals surface area contributed by atoms with E-state index in [1.165, 1.54) is 23.4 Å². The molecule has 3 aromatic rings. The van der Waals surface area contributed by atoms with E-state index in [1.807, 2.05) is 18.2 Å². The molecule has 1 heterocycles. The van der Waals surface area contributed by atoms with Gasteiger partial charge in [0.1, 0.15) is 5.82 Å². The van der Waals surface area contributed by atoms with Gasteiger partial charge in [-0.05, 0) is 16.7 Å². The Morgan fingerprint density at radius 2 is 1.55 bits per heavy atom. The number of nitrogens with one attached hydrogen (secondary N) is 1. The molecule has 0 aliphatic carbocycles. The van der Waals surface area contributed by atoms with Crippen LogP contribution in [-0.2, 0) is 6.42 Å². The van der Waals surface area contributed by atoms with Crippen LogP contribution in [0.2, 0.25) is 0 Å². The fourth-order valence-electron chi connectivity index (χ4n) is 2.14. The summed E-state index contributed by atoms with van der Waals surface area (Å²) in [6, 6.07) is 20.0. The molecule has 3 nitrogen and oxygen atoms in total. The van der Waals surface area contributed by atoms with Crippen molar-refractivity contribution in [3.63, 3.8) is 0 Å². The van der Waals surface area contributed by atoms with Gasteiger partial charge < -0.3 is 4.98 Å². The summed E-state index contributed by atoms with van der Waals surface area (Å²) in [5.74, 6) is 0.685. The zero-order chi connectivity index (χ0) is 13.8. The molecule has 0 unspecified atom stereocenters. The van der Waals surface area contributed by atoms with Crippen molar-refractivity contribution in [2.45, 2.75) is 6.42 Å². The first-order valence-corrected chi connectivity index (χ1v) is 6.50. The molecule has 0 fully saturated rings. The molecule has 3 heteroatoms. The van der Waals surface area contributed by atoms with E-state index in [2.05, 4.69) is 46.4 Å². The molecular weight excluding hydrogens is 248 g/mol. The van der Waals surface area contributed by atoms with Crippen LogP contribution >= 0.6 is 0 Å². The van der Waals surface area contributed by atoms with E-state index in [0.29, 0.717) is 12.2 Å². The fraction of sp³-hybridized carbons (Fsp3) is 0.0588. The summed E-state index contributed by atoms with van der Waals surface area (Å²) in [6.45, 7) is 0. The topological polar surface area (TPSA) is 45.8 Å². The molecule has 98 valence electrons. The third-order valence-corrected chi connectivity index (χ3v) is 3.16. The third kappa shape index (κ3) is 2.83. The van der Waals surface area contributed by atoms with Gasteiger partial charge in [-0.2, -0.15) is 0 Å². The van der Waals surface area contributed by atoms with E-state index < -0.39 is 0 Å². The van der Waals surface area contributed by atoms with Crippen LogP contribution in [-0.4, -0.2) is 9.97 Å². The summed E-state index contributed by atoms with van der Waals surface area (Å²) >= 11 is 0. The van der Waals surface area contributed by atoms with Crippen molar-refractivity contribution in [1.29, 1.82) is 0 Å². The first-order valence-electron chi connectivity index (χ1n) is 6.50. The minimum atomic E-state index is -0.115. The predicted octanol–water partition coefficient (Wildman–Crippen LogP) is 3.03. The van der Waals surface area contributed by atoms with E-state index in [-0.39, 0.29) is 5.56 Å². The number of benzene rings is 2. The molecule has 0 spiro atoms. The lowest BCUT2D eigenvalue weighted by Crippen LogP contribution is -2.09. The molecule has 1 N–H and O–H groups in total. The predicted molar refractivity (Wildman–Crippen MR) is 79.5 cm³/mol. The highest BCUT2D eigenvalue weighted by Gasteiger charge is 2.00. The van der Waals surface area contributed by atoms with Crippen molar-refractivity contribution >= 4 is 0 Å². The average Bonchev–Trinajstić information content (AvgIpc) is 2.49. The van der Waals surface area contributed by atoms with Gasteiger partial charge in [-0.15, -0.1) is 0 Å². The van der Waals surface area contributed by atoms with Crippen LogP contribution in [0.5, 0.6) is 0 Å². The molecular formula is C17H14N2O. The maximum Gasteiger partial charge on any atom is 0.250 e. The van der Waals surface area contributed by atoms with E-state index in [9.17, 15) is 4.79 Å². The maximum absolute atomic E-state index is 11.2. The molecule has 0 saturated heterocycles. The Kier molecular flexibility index (Phi) is 3.42. The van der Waals surface area contributed by atoms with Crippen LogP contribution in [0.1, 0.15) is 11.4 Å². The number of nitrogens with zero attached hydrogens (tertiary/aromatic N) is 1. The zero-order valence-electron chi connectivity index (χ0n) is 10.9. The Hall–Kier alpha value is -2.68. The smallest absolute Gasteiger partial charge is 0.250 e. The Labute approximate surface area is 117 Å². The van der Waals surface area contributed by atoms with Crippen molar-refractivity contribution in [3.8, 4) is 11.1 Å². The molecule has 0 atom stereocenters. The van der Waals surface area contributed by atoms with Gasteiger partial charge >= 0.3 is 0 Å². The zero-order valence-corrected chi connectivity index (χ0v) is 10.9. The van der Waals surface area contributed by atoms with Gasteiger partial charge in [0.2, 0.25) is 0 Å². The molecule has 0 saturated carbocycles. The number of aromatic nitrogens is 2. The molecule has 2 aromatic carbocycles. The van der Waals surface area contributed by atoms with Crippen molar-refractivity contribution in [1.82, 2.24) is 9.97 Å². The highest BCUT2D eigenvalue weighted by molar-refractivity contribution is 5.63. The lowest BCUT2D eigenvalue weighted by atomic mass is 10.0. The lowest BCUT2D eigenvalue weighted by Gasteiger charge is -2.04. The van der Waals surface area contributed by atoms with Crippen LogP contribution in [0.25, 0.3) is 11.1 Å². The van der Waals surface area contributed by atoms with Crippen molar-refractivity contribution in [2.24, 2.45) is 0 Å². The number of aromatic amines is 1. The highest BCUT2D eigenvalue weighted by atomic mass is 16.1. The number of rotatable bonds is 3. The Balaban J connectivity index is 1.82. The van der Waals surface area contributed by atoms with Crippen LogP contribution in [0, 0.1) is 0 Å². The van der Waals surface area contributed by atoms with Gasteiger partial charge in [-0.1, -0.05) is 54.6 Å². The number of hydrogen-bond donors (Lipinski definition) is 1. The van der Waals surface area contributed by atoms with E-state index in [0.717, 1.165) is 5.56 Å². The van der Waals surface area contributed by atoms with E-state index in [1.54, 1.807) is 0 Å². The second kappa shape index (κ2) is 5.53. The molecule has 0 radical (unpaired) electrons. The van der Waals surface area contributed by atoms with Crippen molar-refractivity contribution in [2.75, 3.05) is 0 Å². The van der Waals surface area contributed by atoms with Crippen LogP contribution in [0.3, 0.4) is 0 Å². The van der Waals surface area contributed by atoms with Gasteiger partial charge in [0.15, 0.2) is 0 Å². The maximum atomic E-state index is 11.2. The summed E-state index contributed by atoms with van der Waals surface area (Å²) in [6.07, 6.45) is 2.16. The Morgan fingerprint density at radius 3 is 2.25 bits per heavy atom. The van der Waals surface area contributed by atoms with Crippen molar-refractivity contribution in [3.05, 3.63) is 88.6 Å². The average molecular weight is 262 g/mol. The summed E-state index contributed by atoms with van der Waals surface area (Å²) < 4.78 is 0. The second-order valence-corrected chi connectivity index (χ2v) is 4.62. The van der Waals surface area contributed by atoms with E-state index >= 15 is 0 Å². The minimum absolute atomic E-state index is 0.115. The summed E-state index contributed by atoms with van der Waals surface area (Å²) in [5, 5.41) is 0. The highest BCUT2D eigenvalue weighted by Crippen LogP contribution is 2.19. The molecule has 0 bridgehead atoms. The first kappa shape index (κ1) is 12.4. The minimum Gasteiger partial charge on any atom is -0.310 e. The molecule has 20 heavy (non-hydrogen) atoms. The van der Waals surface area contributed by atoms with E-state index in [4.69, 9.17) is 0 Å². The second-order valence-electron chi connectivity index (χ2n) is 4.62. The van der Waals surface area contributed by atoms with Gasteiger partial charge in [-0.3, -0.25) is 4.79 Å². The third-order valence-electron chi connectivity index (χ3n) is 3.16. The normalized spacial score (nSPS) is 10.4. The van der Waals surface area contributed by atoms with Gasteiger partial charge in [-0.25, -0.2) is 4.98 Å². The molecule has 0 amide bonds. The van der Waals surface area contributed by atoms with Crippen LogP contribution in [0.15, 0.2) is 71.7 Å². The van der Waals surface area contributed by atoms with Gasteiger partial charge in [0.25, 0.3) is 5.56 Å².